The Balaban J connectivity index is 1.55. The van der Waals surface area contributed by atoms with Gasteiger partial charge in [-0.05, 0) is 36.5 Å². The highest BCUT2D eigenvalue weighted by Gasteiger charge is 2.85. The van der Waals surface area contributed by atoms with Crippen LogP contribution in [0.5, 0.6) is 0 Å². The first-order valence-electron chi connectivity index (χ1n) is 16.5. The number of ether oxygens (including phenoxy) is 6. The van der Waals surface area contributed by atoms with Gasteiger partial charge in [0.05, 0.1) is 36.9 Å². The fraction of sp³-hybridized carbons (Fsp3) is 0.686. The van der Waals surface area contributed by atoms with Crippen LogP contribution in [0.3, 0.4) is 0 Å². The molecule has 13 nitrogen and oxygen atoms in total. The molecule has 2 bridgehead atoms. The van der Waals surface area contributed by atoms with Gasteiger partial charge in [-0.15, -0.1) is 0 Å². The predicted molar refractivity (Wildman–Crippen MR) is 163 cm³/mol. The van der Waals surface area contributed by atoms with E-state index in [9.17, 15) is 29.1 Å². The second kappa shape index (κ2) is 11.7. The first-order chi connectivity index (χ1) is 22.6. The van der Waals surface area contributed by atoms with Crippen LogP contribution in [0.25, 0.3) is 0 Å². The molecule has 13 atom stereocenters. The molecule has 0 aromatic carbocycles. The van der Waals surface area contributed by atoms with Crippen LogP contribution in [0.15, 0.2) is 35.2 Å². The van der Waals surface area contributed by atoms with E-state index in [0.717, 1.165) is 5.56 Å². The molecule has 3 aliphatic heterocycles. The average Bonchev–Trinajstić information content (AvgIpc) is 3.38. The molecular formula is C35H44O13. The minimum Gasteiger partial charge on any atom is -0.472 e. The highest BCUT2D eigenvalue weighted by atomic mass is 16.6. The highest BCUT2D eigenvalue weighted by molar-refractivity contribution is 5.77. The molecule has 6 rings (SSSR count). The van der Waals surface area contributed by atoms with Gasteiger partial charge in [-0.1, -0.05) is 40.7 Å². The van der Waals surface area contributed by atoms with Crippen molar-refractivity contribution in [2.24, 2.45) is 28.6 Å². The fourth-order valence-corrected chi connectivity index (χ4v) is 9.71. The minimum atomic E-state index is -1.51. The predicted octanol–water partition coefficient (Wildman–Crippen LogP) is 3.16. The zero-order valence-corrected chi connectivity index (χ0v) is 28.1. The molecule has 13 heteroatoms. The molecule has 0 radical (unpaired) electrons. The van der Waals surface area contributed by atoms with E-state index >= 15 is 0 Å². The SMILES string of the molecule is C=C1C([C@]2(C)[C@H]3CC(=O)O[C@@H]2CC(=O)O[C@]3(C)COC(C)=O)[C@@H](OC=O)[C@H](OC(=O)[C@H](O)[C@@H](C)CC)[C@@]2(C)[C@H](c3ccoc3)C[C@H]3O[C@]132. The van der Waals surface area contributed by atoms with Crippen molar-refractivity contribution >= 4 is 30.3 Å². The number of fused-ring (bicyclic) bond motifs is 2. The molecule has 1 unspecified atom stereocenters. The van der Waals surface area contributed by atoms with Gasteiger partial charge in [-0.25, -0.2) is 4.79 Å². The number of hydrogen-bond donors (Lipinski definition) is 1. The summed E-state index contributed by atoms with van der Waals surface area (Å²) in [6, 6.07) is 1.82. The number of carbonyl (C=O) groups excluding carboxylic acids is 5. The lowest BCUT2D eigenvalue weighted by molar-refractivity contribution is -0.234. The summed E-state index contributed by atoms with van der Waals surface area (Å²) in [5.41, 5.74) is -3.59. The summed E-state index contributed by atoms with van der Waals surface area (Å²) in [6.07, 6.45) is -1.75. The molecular weight excluding hydrogens is 628 g/mol. The molecule has 262 valence electrons. The smallest absolute Gasteiger partial charge is 0.335 e. The molecule has 5 aliphatic rings. The Hall–Kier alpha value is -3.71. The van der Waals surface area contributed by atoms with Gasteiger partial charge in [-0.2, -0.15) is 0 Å². The zero-order valence-electron chi connectivity index (χ0n) is 28.1. The highest BCUT2D eigenvalue weighted by Crippen LogP contribution is 2.77. The summed E-state index contributed by atoms with van der Waals surface area (Å²) in [5, 5.41) is 11.0. The van der Waals surface area contributed by atoms with Crippen LogP contribution >= 0.6 is 0 Å². The van der Waals surface area contributed by atoms with Crippen molar-refractivity contribution < 1.29 is 61.9 Å². The molecule has 48 heavy (non-hydrogen) atoms. The number of aliphatic hydroxyl groups is 1. The number of esters is 4. The van der Waals surface area contributed by atoms with Crippen molar-refractivity contribution in [1.29, 1.82) is 0 Å². The number of carbonyl (C=O) groups is 5. The molecule has 1 aromatic heterocycles. The van der Waals surface area contributed by atoms with Gasteiger partial charge in [0.25, 0.3) is 6.47 Å². The van der Waals surface area contributed by atoms with Gasteiger partial charge < -0.3 is 37.9 Å². The molecule has 0 amide bonds. The number of aliphatic hydroxyl groups excluding tert-OH is 1. The van der Waals surface area contributed by atoms with Crippen molar-refractivity contribution in [3.63, 3.8) is 0 Å². The Morgan fingerprint density at radius 1 is 1.17 bits per heavy atom. The quantitative estimate of drug-likeness (QED) is 0.126. The van der Waals surface area contributed by atoms with Crippen molar-refractivity contribution in [1.82, 2.24) is 0 Å². The lowest BCUT2D eigenvalue weighted by Crippen LogP contribution is -2.69. The van der Waals surface area contributed by atoms with E-state index in [2.05, 4.69) is 6.58 Å². The third-order valence-electron chi connectivity index (χ3n) is 12.4. The van der Waals surface area contributed by atoms with E-state index in [0.29, 0.717) is 18.4 Å². The lowest BCUT2D eigenvalue weighted by atomic mass is 9.47. The van der Waals surface area contributed by atoms with Gasteiger partial charge in [0, 0.05) is 30.1 Å². The molecule has 1 spiro atoms. The molecule has 2 aliphatic carbocycles. The third kappa shape index (κ3) is 4.74. The van der Waals surface area contributed by atoms with Gasteiger partial charge in [0.1, 0.15) is 36.1 Å². The van der Waals surface area contributed by atoms with Crippen LogP contribution in [-0.2, 0) is 52.4 Å². The number of furan rings is 1. The maximum absolute atomic E-state index is 13.8. The van der Waals surface area contributed by atoms with Gasteiger partial charge in [0.15, 0.2) is 6.10 Å². The van der Waals surface area contributed by atoms with E-state index in [1.807, 2.05) is 26.8 Å². The van der Waals surface area contributed by atoms with Crippen LogP contribution < -0.4 is 0 Å². The normalized spacial score (nSPS) is 42.6. The Labute approximate surface area is 278 Å². The molecule has 4 heterocycles. The van der Waals surface area contributed by atoms with Crippen LogP contribution in [0.2, 0.25) is 0 Å². The molecule has 1 aromatic rings. The monoisotopic (exact) mass is 672 g/mol. The maximum atomic E-state index is 13.8. The summed E-state index contributed by atoms with van der Waals surface area (Å²) in [7, 11) is 0. The summed E-state index contributed by atoms with van der Waals surface area (Å²) >= 11 is 0. The Morgan fingerprint density at radius 3 is 2.52 bits per heavy atom. The maximum Gasteiger partial charge on any atom is 0.335 e. The minimum absolute atomic E-state index is 0.223. The number of epoxide rings is 1. The van der Waals surface area contributed by atoms with Gasteiger partial charge in [0.2, 0.25) is 0 Å². The van der Waals surface area contributed by atoms with Crippen LogP contribution in [0.4, 0.5) is 0 Å². The fourth-order valence-electron chi connectivity index (χ4n) is 9.71. The van der Waals surface area contributed by atoms with Crippen molar-refractivity contribution in [3.8, 4) is 0 Å². The average molecular weight is 673 g/mol. The van der Waals surface area contributed by atoms with Gasteiger partial charge >= 0.3 is 23.9 Å². The zero-order chi connectivity index (χ0) is 35.0. The van der Waals surface area contributed by atoms with E-state index in [1.54, 1.807) is 26.4 Å². The van der Waals surface area contributed by atoms with Gasteiger partial charge in [-0.3, -0.25) is 19.2 Å². The first-order valence-corrected chi connectivity index (χ1v) is 16.5. The summed E-state index contributed by atoms with van der Waals surface area (Å²) in [6.45, 7) is 14.6. The second-order valence-corrected chi connectivity index (χ2v) is 14.7. The van der Waals surface area contributed by atoms with Crippen LogP contribution in [-0.4, -0.2) is 83.8 Å². The van der Waals surface area contributed by atoms with Crippen LogP contribution in [0.1, 0.15) is 78.7 Å². The molecule has 1 N–H and O–H groups in total. The summed E-state index contributed by atoms with van der Waals surface area (Å²) < 4.78 is 41.5. The van der Waals surface area contributed by atoms with Crippen LogP contribution in [0, 0.1) is 28.6 Å². The van der Waals surface area contributed by atoms with Crippen molar-refractivity contribution in [2.45, 2.75) is 115 Å². The molecule has 3 saturated heterocycles. The number of hydrogen-bond acceptors (Lipinski definition) is 13. The first kappa shape index (κ1) is 34.2. The van der Waals surface area contributed by atoms with E-state index in [1.165, 1.54) is 6.92 Å². The number of cyclic esters (lactones) is 1. The Bertz CT molecular complexity index is 1500. The molecule has 5 fully saturated rings. The largest absolute Gasteiger partial charge is 0.472 e. The lowest BCUT2D eigenvalue weighted by Gasteiger charge is -2.60. The third-order valence-corrected chi connectivity index (χ3v) is 12.4. The van der Waals surface area contributed by atoms with E-state index in [4.69, 9.17) is 32.8 Å². The van der Waals surface area contributed by atoms with Crippen molar-refractivity contribution in [3.05, 3.63) is 36.3 Å². The Morgan fingerprint density at radius 2 is 1.90 bits per heavy atom. The molecule has 2 saturated carbocycles. The van der Waals surface area contributed by atoms with E-state index < -0.39 is 88.1 Å². The second-order valence-electron chi connectivity index (χ2n) is 14.7. The summed E-state index contributed by atoms with van der Waals surface area (Å²) in [5.74, 6) is -5.25. The Kier molecular flexibility index (Phi) is 8.34. The van der Waals surface area contributed by atoms with Crippen molar-refractivity contribution in [2.75, 3.05) is 6.61 Å². The standard InChI is InChI=1S/C35H44O13/c1-8-17(2)28(40)31(41)46-30-29(44-16-36)27(18(3)35-24(47-35)11-21(34(30,35)7)20-9-10-42-14-20)33(6)22-12-25(38)45-23(33)13-26(39)48-32(22,5)15-43-19(4)37/h9-10,14,16-17,21-24,27-30,40H,3,8,11-13,15H2,1-2,4-7H3/t17-,21-,22-,23+,24+,27?,28+,29+,30-,32+,33+,34+,35+/m0/s1. The summed E-state index contributed by atoms with van der Waals surface area (Å²) in [4.78, 5) is 64.6. The number of rotatable bonds is 10. The topological polar surface area (TPSA) is 177 Å². The van der Waals surface area contributed by atoms with E-state index in [-0.39, 0.29) is 37.9 Å².